The van der Waals surface area contributed by atoms with E-state index in [0.29, 0.717) is 42.0 Å². The third kappa shape index (κ3) is 3.62. The van der Waals surface area contributed by atoms with Crippen LogP contribution in [0.4, 0.5) is 0 Å². The van der Waals surface area contributed by atoms with E-state index in [4.69, 9.17) is 0 Å². The summed E-state index contributed by atoms with van der Waals surface area (Å²) in [6, 6.07) is 15.6. The van der Waals surface area contributed by atoms with Gasteiger partial charge in [-0.05, 0) is 43.0 Å². The van der Waals surface area contributed by atoms with E-state index in [1.165, 1.54) is 15.9 Å². The molecule has 0 aliphatic carbocycles. The highest BCUT2D eigenvalue weighted by Gasteiger charge is 2.27. The maximum absolute atomic E-state index is 13.8. The summed E-state index contributed by atoms with van der Waals surface area (Å²) in [5.74, 6) is 0.0208. The number of para-hydroxylation sites is 1. The average Bonchev–Trinajstić information content (AvgIpc) is 3.18. The summed E-state index contributed by atoms with van der Waals surface area (Å²) < 4.78 is 3.03. The predicted octanol–water partition coefficient (Wildman–Crippen LogP) is 3.78. The number of fused-ring (bicyclic) bond motifs is 3. The van der Waals surface area contributed by atoms with E-state index < -0.39 is 0 Å². The Bertz CT molecular complexity index is 1510. The van der Waals surface area contributed by atoms with Crippen LogP contribution in [0.15, 0.2) is 58.1 Å². The van der Waals surface area contributed by atoms with Crippen molar-refractivity contribution in [1.82, 2.24) is 14.0 Å². The molecule has 0 atom stereocenters. The van der Waals surface area contributed by atoms with Crippen LogP contribution in [0, 0.1) is 13.8 Å². The minimum atomic E-state index is -0.343. The molecule has 0 N–H and O–H groups in total. The number of aromatic nitrogens is 2. The molecule has 0 saturated heterocycles. The second-order valence-corrected chi connectivity index (χ2v) is 9.74. The van der Waals surface area contributed by atoms with Gasteiger partial charge in [-0.3, -0.25) is 14.2 Å². The zero-order valence-corrected chi connectivity index (χ0v) is 19.7. The minimum Gasteiger partial charge on any atom is -0.337 e. The molecule has 3 heterocycles. The zero-order valence-electron chi connectivity index (χ0n) is 18.9. The summed E-state index contributed by atoms with van der Waals surface area (Å²) >= 11 is 1.46. The highest BCUT2D eigenvalue weighted by atomic mass is 32.1. The highest BCUT2D eigenvalue weighted by molar-refractivity contribution is 7.18. The Labute approximate surface area is 195 Å². The van der Waals surface area contributed by atoms with Crippen molar-refractivity contribution in [3.63, 3.8) is 0 Å². The van der Waals surface area contributed by atoms with E-state index in [2.05, 4.69) is 0 Å². The van der Waals surface area contributed by atoms with Crippen molar-refractivity contribution in [2.24, 2.45) is 0 Å². The number of benzene rings is 2. The van der Waals surface area contributed by atoms with Gasteiger partial charge in [-0.25, -0.2) is 9.36 Å². The third-order valence-electron chi connectivity index (χ3n) is 6.39. The summed E-state index contributed by atoms with van der Waals surface area (Å²) in [5.41, 5.74) is 3.96. The molecule has 0 bridgehead atoms. The number of carbonyl (C=O) groups excluding carboxylic acids is 1. The standard InChI is InChI=1S/C26H25N3O3S/c1-16-8-10-19(11-9-16)14-28-25-23(20-12-13-27(18(3)30)15-22(20)33-25)24(31)29(26(28)32)21-7-5-4-6-17(21)2/h4-11H,12-15H2,1-3H3. The summed E-state index contributed by atoms with van der Waals surface area (Å²) in [7, 11) is 0. The van der Waals surface area contributed by atoms with Crippen molar-refractivity contribution in [3.8, 4) is 5.69 Å². The number of thiophene rings is 1. The van der Waals surface area contributed by atoms with Gasteiger partial charge in [-0.15, -0.1) is 11.3 Å². The molecule has 33 heavy (non-hydrogen) atoms. The van der Waals surface area contributed by atoms with Crippen LogP contribution in [0.1, 0.15) is 34.1 Å². The molecule has 2 aromatic carbocycles. The van der Waals surface area contributed by atoms with Gasteiger partial charge in [0, 0.05) is 18.3 Å². The van der Waals surface area contributed by atoms with E-state index in [1.807, 2.05) is 62.4 Å². The highest BCUT2D eigenvalue weighted by Crippen LogP contribution is 2.33. The quantitative estimate of drug-likeness (QED) is 0.468. The number of hydrogen-bond donors (Lipinski definition) is 0. The molecular weight excluding hydrogens is 434 g/mol. The lowest BCUT2D eigenvalue weighted by Crippen LogP contribution is -2.39. The molecule has 4 aromatic rings. The van der Waals surface area contributed by atoms with E-state index in [1.54, 1.807) is 16.4 Å². The van der Waals surface area contributed by atoms with Crippen LogP contribution in [-0.4, -0.2) is 26.5 Å². The summed E-state index contributed by atoms with van der Waals surface area (Å²) in [5, 5.41) is 0.605. The maximum atomic E-state index is 13.8. The molecule has 0 spiro atoms. The monoisotopic (exact) mass is 459 g/mol. The van der Waals surface area contributed by atoms with Gasteiger partial charge in [0.2, 0.25) is 5.91 Å². The molecule has 168 valence electrons. The summed E-state index contributed by atoms with van der Waals surface area (Å²) in [6.07, 6.45) is 0.612. The van der Waals surface area contributed by atoms with Gasteiger partial charge in [-0.1, -0.05) is 48.0 Å². The van der Waals surface area contributed by atoms with Crippen molar-refractivity contribution in [3.05, 3.63) is 96.5 Å². The van der Waals surface area contributed by atoms with Crippen LogP contribution < -0.4 is 11.2 Å². The number of amides is 1. The first-order chi connectivity index (χ1) is 15.8. The number of carbonyl (C=O) groups is 1. The Balaban J connectivity index is 1.81. The molecule has 0 fully saturated rings. The molecule has 1 aliphatic heterocycles. The van der Waals surface area contributed by atoms with Crippen LogP contribution in [0.5, 0.6) is 0 Å². The number of hydrogen-bond acceptors (Lipinski definition) is 4. The van der Waals surface area contributed by atoms with Crippen molar-refractivity contribution < 1.29 is 4.79 Å². The van der Waals surface area contributed by atoms with Crippen LogP contribution in [0.2, 0.25) is 0 Å². The van der Waals surface area contributed by atoms with E-state index in [9.17, 15) is 14.4 Å². The first kappa shape index (κ1) is 21.4. The average molecular weight is 460 g/mol. The van der Waals surface area contributed by atoms with Crippen LogP contribution in [-0.2, 0) is 24.3 Å². The van der Waals surface area contributed by atoms with Gasteiger partial charge in [0.15, 0.2) is 0 Å². The molecule has 2 aromatic heterocycles. The lowest BCUT2D eigenvalue weighted by atomic mass is 10.1. The summed E-state index contributed by atoms with van der Waals surface area (Å²) in [6.45, 7) is 6.93. The smallest absolute Gasteiger partial charge is 0.337 e. The summed E-state index contributed by atoms with van der Waals surface area (Å²) in [4.78, 5) is 43.0. The topological polar surface area (TPSA) is 64.3 Å². The molecular formula is C26H25N3O3S. The predicted molar refractivity (Wildman–Crippen MR) is 131 cm³/mol. The van der Waals surface area contributed by atoms with Crippen molar-refractivity contribution >= 4 is 27.5 Å². The largest absolute Gasteiger partial charge is 0.337 e. The normalized spacial score (nSPS) is 13.4. The fraction of sp³-hybridized carbons (Fsp3) is 0.269. The third-order valence-corrected chi connectivity index (χ3v) is 7.63. The lowest BCUT2D eigenvalue weighted by molar-refractivity contribution is -0.129. The Morgan fingerprint density at radius 2 is 1.76 bits per heavy atom. The Morgan fingerprint density at radius 1 is 1.03 bits per heavy atom. The molecule has 5 rings (SSSR count). The second kappa shape index (κ2) is 8.15. The number of rotatable bonds is 3. The zero-order chi connectivity index (χ0) is 23.3. The molecule has 6 nitrogen and oxygen atoms in total. The fourth-order valence-electron chi connectivity index (χ4n) is 4.52. The molecule has 0 unspecified atom stereocenters. The van der Waals surface area contributed by atoms with Crippen LogP contribution in [0.25, 0.3) is 15.9 Å². The van der Waals surface area contributed by atoms with Crippen molar-refractivity contribution in [2.75, 3.05) is 6.54 Å². The first-order valence-corrected chi connectivity index (χ1v) is 11.8. The second-order valence-electron chi connectivity index (χ2n) is 8.66. The Hall–Kier alpha value is -3.45. The molecule has 7 heteroatoms. The molecule has 0 radical (unpaired) electrons. The van der Waals surface area contributed by atoms with Gasteiger partial charge in [0.05, 0.1) is 24.2 Å². The number of nitrogens with zero attached hydrogens (tertiary/aromatic N) is 3. The van der Waals surface area contributed by atoms with E-state index >= 15 is 0 Å². The van der Waals surface area contributed by atoms with Gasteiger partial charge in [0.1, 0.15) is 4.83 Å². The van der Waals surface area contributed by atoms with E-state index in [-0.39, 0.29) is 17.2 Å². The number of aryl methyl sites for hydroxylation is 2. The maximum Gasteiger partial charge on any atom is 0.337 e. The molecule has 1 amide bonds. The lowest BCUT2D eigenvalue weighted by Gasteiger charge is -2.25. The fourth-order valence-corrected chi connectivity index (χ4v) is 5.86. The molecule has 0 saturated carbocycles. The van der Waals surface area contributed by atoms with Gasteiger partial charge >= 0.3 is 5.69 Å². The van der Waals surface area contributed by atoms with Crippen LogP contribution in [0.3, 0.4) is 0 Å². The SMILES string of the molecule is CC(=O)N1CCc2c(sc3c2c(=O)n(-c2ccccc2C)c(=O)n3Cc2ccc(C)cc2)C1. The van der Waals surface area contributed by atoms with Crippen LogP contribution >= 0.6 is 11.3 Å². The van der Waals surface area contributed by atoms with Gasteiger partial charge < -0.3 is 4.90 Å². The molecule has 1 aliphatic rings. The van der Waals surface area contributed by atoms with Crippen molar-refractivity contribution in [2.45, 2.75) is 40.3 Å². The van der Waals surface area contributed by atoms with Gasteiger partial charge in [-0.2, -0.15) is 0 Å². The Morgan fingerprint density at radius 3 is 2.45 bits per heavy atom. The van der Waals surface area contributed by atoms with Crippen molar-refractivity contribution in [1.29, 1.82) is 0 Å². The van der Waals surface area contributed by atoms with Gasteiger partial charge in [0.25, 0.3) is 5.56 Å². The van der Waals surface area contributed by atoms with E-state index in [0.717, 1.165) is 27.1 Å². The Kier molecular flexibility index (Phi) is 5.29. The first-order valence-electron chi connectivity index (χ1n) is 11.0. The minimum absolute atomic E-state index is 0.0208.